The van der Waals surface area contributed by atoms with Gasteiger partial charge in [0.05, 0.1) is 0 Å². The number of hydrogen-bond donors (Lipinski definition) is 0. The maximum atomic E-state index is 14.9. The second-order valence-electron chi connectivity index (χ2n) is 9.94. The molecule has 0 radical (unpaired) electrons. The van der Waals surface area contributed by atoms with Gasteiger partial charge in [-0.2, -0.15) is 0 Å². The molecule has 0 aliphatic heterocycles. The van der Waals surface area contributed by atoms with E-state index in [2.05, 4.69) is 0 Å². The van der Waals surface area contributed by atoms with Crippen LogP contribution in [0.5, 0.6) is 0 Å². The molecule has 0 unspecified atom stereocenters. The number of fused-ring (bicyclic) bond motifs is 2. The van der Waals surface area contributed by atoms with E-state index >= 15 is 0 Å². The lowest BCUT2D eigenvalue weighted by atomic mass is 9.73. The highest BCUT2D eigenvalue weighted by atomic mass is 16.1. The molecule has 1 aliphatic carbocycles. The summed E-state index contributed by atoms with van der Waals surface area (Å²) in [6, 6.07) is 47.3. The zero-order valence-corrected chi connectivity index (χ0v) is 21.7. The van der Waals surface area contributed by atoms with Gasteiger partial charge in [0.2, 0.25) is 0 Å². The summed E-state index contributed by atoms with van der Waals surface area (Å²) in [5, 5.41) is 0. The molecule has 0 atom stereocenters. The van der Waals surface area contributed by atoms with Crippen LogP contribution in [0.2, 0.25) is 0 Å². The smallest absolute Gasteiger partial charge is 0.195 e. The van der Waals surface area contributed by atoms with Crippen molar-refractivity contribution in [1.82, 2.24) is 0 Å². The topological polar surface area (TPSA) is 34.1 Å². The van der Waals surface area contributed by atoms with Crippen molar-refractivity contribution < 1.29 is 9.59 Å². The van der Waals surface area contributed by atoms with Crippen LogP contribution in [0.25, 0.3) is 44.5 Å². The highest BCUT2D eigenvalue weighted by Crippen LogP contribution is 2.45. The Balaban J connectivity index is 1.60. The molecule has 6 aromatic carbocycles. The predicted octanol–water partition coefficient (Wildman–Crippen LogP) is 9.13. The fourth-order valence-corrected chi connectivity index (χ4v) is 5.83. The molecule has 2 heteroatoms. The van der Waals surface area contributed by atoms with E-state index in [9.17, 15) is 9.59 Å². The largest absolute Gasteiger partial charge is 0.289 e. The number of carbonyl (C=O) groups is 2. The van der Waals surface area contributed by atoms with E-state index in [4.69, 9.17) is 0 Å². The first-order valence-corrected chi connectivity index (χ1v) is 13.4. The highest BCUT2D eigenvalue weighted by molar-refractivity contribution is 6.35. The van der Waals surface area contributed by atoms with E-state index < -0.39 is 0 Å². The van der Waals surface area contributed by atoms with Crippen molar-refractivity contribution in [3.05, 3.63) is 168 Å². The van der Waals surface area contributed by atoms with Gasteiger partial charge in [-0.05, 0) is 44.5 Å². The van der Waals surface area contributed by atoms with Gasteiger partial charge in [0.15, 0.2) is 11.6 Å². The van der Waals surface area contributed by atoms with Crippen molar-refractivity contribution in [3.8, 4) is 44.5 Å². The summed E-state index contributed by atoms with van der Waals surface area (Å²) in [7, 11) is 0. The minimum Gasteiger partial charge on any atom is -0.289 e. The van der Waals surface area contributed by atoms with Crippen LogP contribution in [-0.2, 0) is 0 Å². The van der Waals surface area contributed by atoms with Crippen molar-refractivity contribution in [3.63, 3.8) is 0 Å². The van der Waals surface area contributed by atoms with Crippen molar-refractivity contribution in [2.75, 3.05) is 0 Å². The monoisotopic (exact) mass is 512 g/mol. The lowest BCUT2D eigenvalue weighted by Gasteiger charge is -2.27. The first kappa shape index (κ1) is 23.8. The van der Waals surface area contributed by atoms with E-state index in [0.29, 0.717) is 22.3 Å². The van der Waals surface area contributed by atoms with Gasteiger partial charge in [0, 0.05) is 22.3 Å². The molecule has 0 aromatic heterocycles. The lowest BCUT2D eigenvalue weighted by molar-refractivity contribution is 0.0981. The molecule has 0 bridgehead atoms. The average molecular weight is 513 g/mol. The van der Waals surface area contributed by atoms with Crippen LogP contribution in [0.15, 0.2) is 146 Å². The van der Waals surface area contributed by atoms with Crippen LogP contribution >= 0.6 is 0 Å². The van der Waals surface area contributed by atoms with Gasteiger partial charge in [-0.25, -0.2) is 0 Å². The number of rotatable bonds is 4. The Bertz CT molecular complexity index is 1610. The lowest BCUT2D eigenvalue weighted by Crippen LogP contribution is -2.24. The van der Waals surface area contributed by atoms with E-state index in [1.807, 2.05) is 146 Å². The van der Waals surface area contributed by atoms with E-state index in [0.717, 1.165) is 44.5 Å². The Morgan fingerprint density at radius 3 is 0.650 bits per heavy atom. The molecule has 7 rings (SSSR count). The minimum atomic E-state index is -0.127. The summed E-state index contributed by atoms with van der Waals surface area (Å²) in [6.07, 6.45) is 0. The molecule has 0 saturated heterocycles. The number of benzene rings is 6. The van der Waals surface area contributed by atoms with E-state index in [1.165, 1.54) is 0 Å². The third-order valence-electron chi connectivity index (χ3n) is 7.66. The highest BCUT2D eigenvalue weighted by Gasteiger charge is 2.38. The standard InChI is InChI=1S/C38H24O2/c39-37-33-29(25-13-5-1-6-14-25)21-22-30(26-15-7-2-8-16-26)34(33)38(40)36-32(28-19-11-4-12-20-28)24-23-31(35(36)37)27-17-9-3-10-18-27/h1-24H. The predicted molar refractivity (Wildman–Crippen MR) is 161 cm³/mol. The van der Waals surface area contributed by atoms with Crippen LogP contribution in [0.1, 0.15) is 31.8 Å². The summed E-state index contributed by atoms with van der Waals surface area (Å²) >= 11 is 0. The van der Waals surface area contributed by atoms with Crippen LogP contribution < -0.4 is 0 Å². The molecular weight excluding hydrogens is 488 g/mol. The molecule has 40 heavy (non-hydrogen) atoms. The Morgan fingerprint density at radius 2 is 0.450 bits per heavy atom. The molecule has 0 saturated carbocycles. The third-order valence-corrected chi connectivity index (χ3v) is 7.66. The van der Waals surface area contributed by atoms with Gasteiger partial charge in [-0.3, -0.25) is 9.59 Å². The molecule has 0 spiro atoms. The van der Waals surface area contributed by atoms with Crippen molar-refractivity contribution in [2.45, 2.75) is 0 Å². The Hall–Kier alpha value is -5.34. The minimum absolute atomic E-state index is 0.127. The zero-order valence-electron chi connectivity index (χ0n) is 21.7. The van der Waals surface area contributed by atoms with Gasteiger partial charge in [0.1, 0.15) is 0 Å². The SMILES string of the molecule is O=C1c2c(-c3ccccc3)ccc(-c3ccccc3)c2C(=O)c2c(-c3ccccc3)ccc(-c3ccccc3)c21. The Kier molecular flexibility index (Phi) is 5.79. The molecule has 6 aromatic rings. The molecular formula is C38H24O2. The van der Waals surface area contributed by atoms with Crippen molar-refractivity contribution in [2.24, 2.45) is 0 Å². The van der Waals surface area contributed by atoms with Crippen LogP contribution in [0, 0.1) is 0 Å². The summed E-state index contributed by atoms with van der Waals surface area (Å²) in [4.78, 5) is 29.7. The normalized spacial score (nSPS) is 12.1. The van der Waals surface area contributed by atoms with Gasteiger partial charge in [0.25, 0.3) is 0 Å². The van der Waals surface area contributed by atoms with E-state index in [1.54, 1.807) is 0 Å². The summed E-state index contributed by atoms with van der Waals surface area (Å²) < 4.78 is 0. The molecule has 188 valence electrons. The first-order chi connectivity index (χ1) is 19.7. The maximum absolute atomic E-state index is 14.9. The second-order valence-corrected chi connectivity index (χ2v) is 9.94. The first-order valence-electron chi connectivity index (χ1n) is 13.4. The summed E-state index contributed by atoms with van der Waals surface area (Å²) in [5.41, 5.74) is 8.55. The quantitative estimate of drug-likeness (QED) is 0.236. The fourth-order valence-electron chi connectivity index (χ4n) is 5.83. The molecule has 0 fully saturated rings. The third kappa shape index (κ3) is 3.81. The molecule has 2 nitrogen and oxygen atoms in total. The summed E-state index contributed by atoms with van der Waals surface area (Å²) in [5.74, 6) is -0.254. The fraction of sp³-hybridized carbons (Fsp3) is 0. The Morgan fingerprint density at radius 1 is 0.250 bits per heavy atom. The van der Waals surface area contributed by atoms with Crippen LogP contribution in [0.3, 0.4) is 0 Å². The maximum Gasteiger partial charge on any atom is 0.195 e. The van der Waals surface area contributed by atoms with Crippen LogP contribution in [-0.4, -0.2) is 11.6 Å². The second kappa shape index (κ2) is 9.76. The Labute approximate surface area is 233 Å². The van der Waals surface area contributed by atoms with Crippen LogP contribution in [0.4, 0.5) is 0 Å². The van der Waals surface area contributed by atoms with Crippen molar-refractivity contribution in [1.29, 1.82) is 0 Å². The van der Waals surface area contributed by atoms with Crippen molar-refractivity contribution >= 4 is 11.6 Å². The number of carbonyl (C=O) groups excluding carboxylic acids is 2. The molecule has 0 amide bonds. The average Bonchev–Trinajstić information content (AvgIpc) is 3.04. The zero-order chi connectivity index (χ0) is 27.1. The van der Waals surface area contributed by atoms with Gasteiger partial charge in [-0.15, -0.1) is 0 Å². The summed E-state index contributed by atoms with van der Waals surface area (Å²) in [6.45, 7) is 0. The molecule has 0 N–H and O–H groups in total. The van der Waals surface area contributed by atoms with Gasteiger partial charge in [-0.1, -0.05) is 146 Å². The number of hydrogen-bond acceptors (Lipinski definition) is 2. The molecule has 0 heterocycles. The number of ketones is 2. The van der Waals surface area contributed by atoms with Gasteiger partial charge < -0.3 is 0 Å². The van der Waals surface area contributed by atoms with E-state index in [-0.39, 0.29) is 11.6 Å². The molecule has 1 aliphatic rings. The van der Waals surface area contributed by atoms with Gasteiger partial charge >= 0.3 is 0 Å².